The van der Waals surface area contributed by atoms with Crippen molar-refractivity contribution in [1.82, 2.24) is 24.6 Å². The number of hydrogen-bond donors (Lipinski definition) is 4. The van der Waals surface area contributed by atoms with Crippen molar-refractivity contribution in [2.45, 2.75) is 20.8 Å². The van der Waals surface area contributed by atoms with E-state index in [1.807, 2.05) is 13.8 Å². The summed E-state index contributed by atoms with van der Waals surface area (Å²) in [6.07, 6.45) is 3.33. The molecule has 3 aromatic rings. The first-order valence-corrected chi connectivity index (χ1v) is 8.24. The molecule has 0 radical (unpaired) electrons. The van der Waals surface area contributed by atoms with Crippen molar-refractivity contribution in [1.29, 1.82) is 0 Å². The fraction of sp³-hybridized carbons (Fsp3) is 0.235. The second kappa shape index (κ2) is 6.90. The minimum Gasteiger partial charge on any atom is -0.504 e. The Labute approximate surface area is 154 Å². The molecule has 0 saturated heterocycles. The van der Waals surface area contributed by atoms with E-state index in [1.165, 1.54) is 0 Å². The summed E-state index contributed by atoms with van der Waals surface area (Å²) in [6.45, 7) is 5.62. The van der Waals surface area contributed by atoms with Crippen LogP contribution in [0.15, 0.2) is 34.9 Å². The summed E-state index contributed by atoms with van der Waals surface area (Å²) in [5.41, 5.74) is 13.8. The first-order chi connectivity index (χ1) is 12.8. The molecule has 10 heteroatoms. The zero-order valence-electron chi connectivity index (χ0n) is 15.2. The number of aromatic amines is 1. The van der Waals surface area contributed by atoms with Crippen LogP contribution < -0.4 is 11.5 Å². The van der Waals surface area contributed by atoms with Crippen molar-refractivity contribution in [2.24, 2.45) is 16.5 Å². The lowest BCUT2D eigenvalue weighted by Crippen LogP contribution is -2.13. The highest BCUT2D eigenvalue weighted by molar-refractivity contribution is 6.09. The van der Waals surface area contributed by atoms with Crippen LogP contribution in [0.5, 0.6) is 0 Å². The Bertz CT molecular complexity index is 1090. The minimum absolute atomic E-state index is 0.170. The Morgan fingerprint density at radius 3 is 2.78 bits per heavy atom. The van der Waals surface area contributed by atoms with Crippen LogP contribution in [0.4, 0.5) is 0 Å². The maximum Gasteiger partial charge on any atom is 0.265 e. The number of H-pyrrole nitrogens is 1. The Morgan fingerprint density at radius 1 is 1.41 bits per heavy atom. The summed E-state index contributed by atoms with van der Waals surface area (Å²) in [4.78, 5) is 24.7. The van der Waals surface area contributed by atoms with E-state index < -0.39 is 5.91 Å². The Morgan fingerprint density at radius 2 is 2.15 bits per heavy atom. The van der Waals surface area contributed by atoms with Crippen LogP contribution >= 0.6 is 0 Å². The maximum absolute atomic E-state index is 11.8. The second-order valence-corrected chi connectivity index (χ2v) is 5.95. The van der Waals surface area contributed by atoms with Crippen molar-refractivity contribution in [3.8, 4) is 11.4 Å². The average Bonchev–Trinajstić information content (AvgIpc) is 3.23. The number of allylic oxidation sites excluding steroid dienone is 2. The molecule has 0 aromatic carbocycles. The first kappa shape index (κ1) is 18.1. The molecule has 1 amide bonds. The van der Waals surface area contributed by atoms with Crippen LogP contribution in [0.25, 0.3) is 16.9 Å². The van der Waals surface area contributed by atoms with Gasteiger partial charge in [0, 0.05) is 24.0 Å². The van der Waals surface area contributed by atoms with Crippen LogP contribution in [0.1, 0.15) is 35.9 Å². The number of amides is 1. The molecule has 0 fully saturated rings. The number of aliphatic hydroxyl groups is 1. The van der Waals surface area contributed by atoms with Gasteiger partial charge in [0.1, 0.15) is 11.4 Å². The predicted octanol–water partition coefficient (Wildman–Crippen LogP) is 1.08. The van der Waals surface area contributed by atoms with E-state index in [1.54, 1.807) is 29.8 Å². The van der Waals surface area contributed by atoms with Crippen molar-refractivity contribution in [3.05, 3.63) is 47.1 Å². The van der Waals surface area contributed by atoms with Gasteiger partial charge in [-0.2, -0.15) is 5.10 Å². The zero-order chi connectivity index (χ0) is 19.7. The number of fused-ring (bicyclic) bond motifs is 1. The van der Waals surface area contributed by atoms with Crippen LogP contribution in [-0.2, 0) is 0 Å². The number of aliphatic hydroxyl groups excluding tert-OH is 1. The summed E-state index contributed by atoms with van der Waals surface area (Å²) < 4.78 is 1.65. The molecule has 0 saturated carbocycles. The molecule has 0 aliphatic carbocycles. The van der Waals surface area contributed by atoms with Gasteiger partial charge in [-0.25, -0.2) is 4.98 Å². The predicted molar refractivity (Wildman–Crippen MR) is 100 cm³/mol. The molecule has 10 nitrogen and oxygen atoms in total. The lowest BCUT2D eigenvalue weighted by molar-refractivity contribution is 0.0995. The third kappa shape index (κ3) is 3.24. The van der Waals surface area contributed by atoms with Crippen molar-refractivity contribution < 1.29 is 9.90 Å². The number of nitrogens with two attached hydrogens (primary N) is 2. The fourth-order valence-corrected chi connectivity index (χ4v) is 2.66. The molecule has 3 aromatic heterocycles. The SMILES string of the molecule is CCN=C(/C(O)=C(/C)N)c1nc(-c2cc(C(N)=O)n3cc(C)ncc23)n[nH]1. The third-order valence-electron chi connectivity index (χ3n) is 3.90. The Hall–Kier alpha value is -3.69. The number of carbonyl (C=O) groups excluding carboxylic acids is 1. The smallest absolute Gasteiger partial charge is 0.265 e. The van der Waals surface area contributed by atoms with Gasteiger partial charge in [-0.1, -0.05) is 0 Å². The molecule has 0 atom stereocenters. The molecule has 3 heterocycles. The number of nitrogens with one attached hydrogen (secondary N) is 1. The van der Waals surface area contributed by atoms with Crippen LogP contribution in [0.3, 0.4) is 0 Å². The molecule has 140 valence electrons. The van der Waals surface area contributed by atoms with Crippen molar-refractivity contribution in [3.63, 3.8) is 0 Å². The van der Waals surface area contributed by atoms with Gasteiger partial charge in [0.15, 0.2) is 17.4 Å². The second-order valence-electron chi connectivity index (χ2n) is 5.95. The van der Waals surface area contributed by atoms with Gasteiger partial charge < -0.3 is 21.0 Å². The van der Waals surface area contributed by atoms with E-state index in [-0.39, 0.29) is 23.0 Å². The van der Waals surface area contributed by atoms with Crippen LogP contribution in [0.2, 0.25) is 0 Å². The summed E-state index contributed by atoms with van der Waals surface area (Å²) in [6, 6.07) is 1.60. The molecule has 0 unspecified atom stereocenters. The Kier molecular flexibility index (Phi) is 4.63. The summed E-state index contributed by atoms with van der Waals surface area (Å²) in [5, 5.41) is 17.1. The molecule has 0 bridgehead atoms. The molecule has 0 aliphatic heterocycles. The molecule has 6 N–H and O–H groups in total. The molecule has 27 heavy (non-hydrogen) atoms. The molecule has 0 aliphatic rings. The fourth-order valence-electron chi connectivity index (χ4n) is 2.66. The van der Waals surface area contributed by atoms with E-state index in [0.717, 1.165) is 5.69 Å². The zero-order valence-corrected chi connectivity index (χ0v) is 15.2. The first-order valence-electron chi connectivity index (χ1n) is 8.24. The molecular formula is C17H20N8O2. The number of nitrogens with zero attached hydrogens (tertiary/aromatic N) is 5. The highest BCUT2D eigenvalue weighted by Gasteiger charge is 2.20. The summed E-state index contributed by atoms with van der Waals surface area (Å²) in [5.74, 6) is -0.178. The van der Waals surface area contributed by atoms with Gasteiger partial charge >= 0.3 is 0 Å². The summed E-state index contributed by atoms with van der Waals surface area (Å²) in [7, 11) is 0. The third-order valence-corrected chi connectivity index (χ3v) is 3.90. The van der Waals surface area contributed by atoms with E-state index in [0.29, 0.717) is 29.1 Å². The lowest BCUT2D eigenvalue weighted by Gasteiger charge is -2.03. The quantitative estimate of drug-likeness (QED) is 0.389. The van der Waals surface area contributed by atoms with Gasteiger partial charge in [0.2, 0.25) is 0 Å². The van der Waals surface area contributed by atoms with Gasteiger partial charge in [0.05, 0.1) is 17.4 Å². The standard InChI is InChI=1S/C17H20N8O2/c1-4-20-13(14(26)9(3)18)17-22-16(23-24-17)10-5-11(15(19)27)25-7-8(2)21-6-12(10)25/h5-7,26H,4,18H2,1-3H3,(H2,19,27)(H,22,23,24)/b14-9+,20-13?. The van der Waals surface area contributed by atoms with E-state index in [2.05, 4.69) is 25.2 Å². The van der Waals surface area contributed by atoms with Crippen molar-refractivity contribution in [2.75, 3.05) is 6.54 Å². The topological polar surface area (TPSA) is 161 Å². The van der Waals surface area contributed by atoms with Gasteiger partial charge in [-0.3, -0.25) is 19.9 Å². The van der Waals surface area contributed by atoms with Gasteiger partial charge in [-0.05, 0) is 26.8 Å². The lowest BCUT2D eigenvalue weighted by atomic mass is 10.2. The van der Waals surface area contributed by atoms with E-state index in [9.17, 15) is 9.90 Å². The van der Waals surface area contributed by atoms with Crippen molar-refractivity contribution >= 4 is 17.1 Å². The van der Waals surface area contributed by atoms with Crippen LogP contribution in [-0.4, -0.2) is 47.8 Å². The average molecular weight is 368 g/mol. The molecular weight excluding hydrogens is 348 g/mol. The number of hydrogen-bond acceptors (Lipinski definition) is 7. The number of carbonyl (C=O) groups is 1. The number of rotatable bonds is 5. The molecule has 3 rings (SSSR count). The van der Waals surface area contributed by atoms with Crippen LogP contribution in [0, 0.1) is 6.92 Å². The number of aryl methyl sites for hydroxylation is 1. The minimum atomic E-state index is -0.579. The Balaban J connectivity index is 2.16. The molecule has 0 spiro atoms. The number of aromatic nitrogens is 5. The highest BCUT2D eigenvalue weighted by atomic mass is 16.3. The largest absolute Gasteiger partial charge is 0.504 e. The number of aliphatic imine (C=N–C) groups is 1. The summed E-state index contributed by atoms with van der Waals surface area (Å²) >= 11 is 0. The monoisotopic (exact) mass is 368 g/mol. The highest BCUT2D eigenvalue weighted by Crippen LogP contribution is 2.25. The van der Waals surface area contributed by atoms with Gasteiger partial charge in [-0.15, -0.1) is 0 Å². The maximum atomic E-state index is 11.8. The van der Waals surface area contributed by atoms with E-state index in [4.69, 9.17) is 11.5 Å². The number of primary amides is 1. The van der Waals surface area contributed by atoms with E-state index >= 15 is 0 Å². The van der Waals surface area contributed by atoms with Gasteiger partial charge in [0.25, 0.3) is 5.91 Å². The normalized spacial score (nSPS) is 13.1.